The molecule has 0 radical (unpaired) electrons. The van der Waals surface area contributed by atoms with Crippen LogP contribution in [0.3, 0.4) is 0 Å². The first-order chi connectivity index (χ1) is 16.8. The van der Waals surface area contributed by atoms with Crippen molar-refractivity contribution >= 4 is 50.6 Å². The van der Waals surface area contributed by atoms with Gasteiger partial charge in [-0.25, -0.2) is 13.2 Å². The number of halogens is 2. The van der Waals surface area contributed by atoms with E-state index < -0.39 is 16.1 Å². The third-order valence-electron chi connectivity index (χ3n) is 5.09. The molecule has 4 aromatic rings. The second-order valence-corrected chi connectivity index (χ2v) is 10.1. The molecule has 4 aromatic carbocycles. The van der Waals surface area contributed by atoms with Gasteiger partial charge in [0.1, 0.15) is 0 Å². The lowest BCUT2D eigenvalue weighted by Crippen LogP contribution is -2.28. The van der Waals surface area contributed by atoms with Gasteiger partial charge in [-0.1, -0.05) is 77.8 Å². The van der Waals surface area contributed by atoms with Gasteiger partial charge in [-0.2, -0.15) is 0 Å². The van der Waals surface area contributed by atoms with Crippen molar-refractivity contribution in [2.45, 2.75) is 11.4 Å². The summed E-state index contributed by atoms with van der Waals surface area (Å²) >= 11 is 11.9. The molecular formula is C26H21Cl2N3O3S. The van der Waals surface area contributed by atoms with E-state index >= 15 is 0 Å². The van der Waals surface area contributed by atoms with Crippen LogP contribution in [0.4, 0.5) is 16.2 Å². The Morgan fingerprint density at radius 1 is 0.743 bits per heavy atom. The van der Waals surface area contributed by atoms with Crippen molar-refractivity contribution in [1.29, 1.82) is 0 Å². The highest BCUT2D eigenvalue weighted by atomic mass is 35.5. The number of carbonyl (C=O) groups is 1. The van der Waals surface area contributed by atoms with Gasteiger partial charge in [0.2, 0.25) is 0 Å². The minimum absolute atomic E-state index is 0.176. The number of urea groups is 1. The maximum atomic E-state index is 13.1. The Hall–Kier alpha value is -3.52. The summed E-state index contributed by atoms with van der Waals surface area (Å²) in [6.07, 6.45) is 0. The molecule has 3 N–H and O–H groups in total. The summed E-state index contributed by atoms with van der Waals surface area (Å²) in [5.74, 6) is 0. The molecule has 178 valence electrons. The van der Waals surface area contributed by atoms with Crippen LogP contribution in [0.1, 0.15) is 5.56 Å². The summed E-state index contributed by atoms with van der Waals surface area (Å²) < 4.78 is 28.8. The van der Waals surface area contributed by atoms with Crippen LogP contribution in [0.2, 0.25) is 10.0 Å². The Morgan fingerprint density at radius 2 is 1.40 bits per heavy atom. The zero-order valence-electron chi connectivity index (χ0n) is 18.3. The lowest BCUT2D eigenvalue weighted by Gasteiger charge is -2.13. The fourth-order valence-corrected chi connectivity index (χ4v) is 5.01. The molecule has 0 fully saturated rings. The Labute approximate surface area is 214 Å². The smallest absolute Gasteiger partial charge is 0.319 e. The largest absolute Gasteiger partial charge is 0.334 e. The standard InChI is InChI=1S/C26H21Cl2N3O3S/c27-23-15-10-18(16-24(23)28)17-29-26(32)30-20-11-13-21(14-12-20)31-35(33,34)25-9-5-4-8-22(25)19-6-2-1-3-7-19/h1-16,31H,17H2,(H2,29,30,32). The van der Waals surface area contributed by atoms with Crippen LogP contribution in [0.15, 0.2) is 102 Å². The lowest BCUT2D eigenvalue weighted by molar-refractivity contribution is 0.251. The maximum Gasteiger partial charge on any atom is 0.319 e. The molecule has 6 nitrogen and oxygen atoms in total. The summed E-state index contributed by atoms with van der Waals surface area (Å²) in [7, 11) is -3.84. The molecule has 35 heavy (non-hydrogen) atoms. The molecular weight excluding hydrogens is 505 g/mol. The molecule has 0 aliphatic carbocycles. The highest BCUT2D eigenvalue weighted by Gasteiger charge is 2.19. The molecule has 0 bridgehead atoms. The van der Waals surface area contributed by atoms with Crippen molar-refractivity contribution in [1.82, 2.24) is 5.32 Å². The Balaban J connectivity index is 1.40. The number of amides is 2. The van der Waals surface area contributed by atoms with E-state index in [9.17, 15) is 13.2 Å². The van der Waals surface area contributed by atoms with Gasteiger partial charge in [0.25, 0.3) is 10.0 Å². The summed E-state index contributed by atoms with van der Waals surface area (Å²) in [4.78, 5) is 12.4. The van der Waals surface area contributed by atoms with Crippen molar-refractivity contribution < 1.29 is 13.2 Å². The summed E-state index contributed by atoms with van der Waals surface area (Å²) in [5.41, 5.74) is 3.09. The zero-order chi connectivity index (χ0) is 24.8. The normalized spacial score (nSPS) is 11.0. The number of hydrogen-bond donors (Lipinski definition) is 3. The van der Waals surface area contributed by atoms with Crippen LogP contribution < -0.4 is 15.4 Å². The minimum atomic E-state index is -3.84. The average Bonchev–Trinajstić information content (AvgIpc) is 2.86. The van der Waals surface area contributed by atoms with Gasteiger partial charge < -0.3 is 10.6 Å². The van der Waals surface area contributed by atoms with Crippen LogP contribution in [0, 0.1) is 0 Å². The molecule has 0 heterocycles. The summed E-state index contributed by atoms with van der Waals surface area (Å²) in [6, 6.07) is 27.2. The predicted octanol–water partition coefficient (Wildman–Crippen LogP) is 6.78. The number of hydrogen-bond acceptors (Lipinski definition) is 3. The number of nitrogens with one attached hydrogen (secondary N) is 3. The molecule has 0 aliphatic rings. The van der Waals surface area contributed by atoms with Crippen molar-refractivity contribution in [3.63, 3.8) is 0 Å². The highest BCUT2D eigenvalue weighted by Crippen LogP contribution is 2.29. The molecule has 2 amide bonds. The van der Waals surface area contributed by atoms with Gasteiger partial charge in [0, 0.05) is 23.5 Å². The molecule has 4 rings (SSSR count). The highest BCUT2D eigenvalue weighted by molar-refractivity contribution is 7.92. The second-order valence-electron chi connectivity index (χ2n) is 7.60. The molecule has 9 heteroatoms. The number of anilines is 2. The van der Waals surface area contributed by atoms with Crippen molar-refractivity contribution in [3.8, 4) is 11.1 Å². The van der Waals surface area contributed by atoms with E-state index in [1.165, 1.54) is 0 Å². The molecule has 0 saturated carbocycles. The number of benzene rings is 4. The van der Waals surface area contributed by atoms with Crippen LogP contribution in [-0.4, -0.2) is 14.4 Å². The molecule has 0 spiro atoms. The third-order valence-corrected chi connectivity index (χ3v) is 7.27. The SMILES string of the molecule is O=C(NCc1ccc(Cl)c(Cl)c1)Nc1ccc(NS(=O)(=O)c2ccccc2-c2ccccc2)cc1. The fraction of sp³-hybridized carbons (Fsp3) is 0.0385. The Morgan fingerprint density at radius 3 is 2.11 bits per heavy atom. The van der Waals surface area contributed by atoms with E-state index in [4.69, 9.17) is 23.2 Å². The first-order valence-corrected chi connectivity index (χ1v) is 12.8. The zero-order valence-corrected chi connectivity index (χ0v) is 20.7. The molecule has 0 aliphatic heterocycles. The van der Waals surface area contributed by atoms with Gasteiger partial charge in [-0.05, 0) is 53.6 Å². The van der Waals surface area contributed by atoms with E-state index in [1.54, 1.807) is 66.7 Å². The summed E-state index contributed by atoms with van der Waals surface area (Å²) in [6.45, 7) is 0.265. The minimum Gasteiger partial charge on any atom is -0.334 e. The lowest BCUT2D eigenvalue weighted by atomic mass is 10.1. The Kier molecular flexibility index (Phi) is 7.60. The second kappa shape index (κ2) is 10.8. The van der Waals surface area contributed by atoms with Crippen LogP contribution in [0.5, 0.6) is 0 Å². The van der Waals surface area contributed by atoms with Crippen LogP contribution >= 0.6 is 23.2 Å². The number of carbonyl (C=O) groups excluding carboxylic acids is 1. The van der Waals surface area contributed by atoms with E-state index in [2.05, 4.69) is 15.4 Å². The summed E-state index contributed by atoms with van der Waals surface area (Å²) in [5, 5.41) is 6.29. The van der Waals surface area contributed by atoms with Crippen LogP contribution in [-0.2, 0) is 16.6 Å². The van der Waals surface area contributed by atoms with Gasteiger partial charge in [0.05, 0.1) is 14.9 Å². The molecule has 0 saturated heterocycles. The van der Waals surface area contributed by atoms with Gasteiger partial charge >= 0.3 is 6.03 Å². The van der Waals surface area contributed by atoms with Gasteiger partial charge in [0.15, 0.2) is 0 Å². The van der Waals surface area contributed by atoms with Crippen molar-refractivity contribution in [2.75, 3.05) is 10.0 Å². The monoisotopic (exact) mass is 525 g/mol. The molecule has 0 aromatic heterocycles. The number of sulfonamides is 1. The van der Waals surface area contributed by atoms with Gasteiger partial charge in [-0.3, -0.25) is 4.72 Å². The van der Waals surface area contributed by atoms with Crippen molar-refractivity contribution in [2.24, 2.45) is 0 Å². The van der Waals surface area contributed by atoms with E-state index in [0.29, 0.717) is 27.0 Å². The van der Waals surface area contributed by atoms with Crippen LogP contribution in [0.25, 0.3) is 11.1 Å². The van der Waals surface area contributed by atoms with E-state index in [-0.39, 0.29) is 11.4 Å². The molecule has 0 unspecified atom stereocenters. The van der Waals surface area contributed by atoms with E-state index in [1.807, 2.05) is 30.3 Å². The predicted molar refractivity (Wildman–Crippen MR) is 141 cm³/mol. The van der Waals surface area contributed by atoms with Crippen molar-refractivity contribution in [3.05, 3.63) is 113 Å². The first-order valence-electron chi connectivity index (χ1n) is 10.6. The third kappa shape index (κ3) is 6.33. The molecule has 0 atom stereocenters. The average molecular weight is 526 g/mol. The number of rotatable bonds is 7. The fourth-order valence-electron chi connectivity index (χ4n) is 3.40. The topological polar surface area (TPSA) is 87.3 Å². The first kappa shape index (κ1) is 24.6. The van der Waals surface area contributed by atoms with E-state index in [0.717, 1.165) is 11.1 Å². The van der Waals surface area contributed by atoms with Gasteiger partial charge in [-0.15, -0.1) is 0 Å². The maximum absolute atomic E-state index is 13.1. The quantitative estimate of drug-likeness (QED) is 0.248. The Bertz CT molecular complexity index is 1440.